The second-order valence-corrected chi connectivity index (χ2v) is 9.23. The van der Waals surface area contributed by atoms with Crippen molar-refractivity contribution in [1.82, 2.24) is 4.72 Å². The molecule has 2 N–H and O–H groups in total. The Kier molecular flexibility index (Phi) is 7.09. The van der Waals surface area contributed by atoms with E-state index in [2.05, 4.69) is 10.0 Å². The number of carbonyl (C=O) groups excluding carboxylic acids is 1. The first-order valence-electron chi connectivity index (χ1n) is 9.81. The minimum Gasteiger partial charge on any atom is -0.497 e. The van der Waals surface area contributed by atoms with Gasteiger partial charge in [0.2, 0.25) is 15.9 Å². The van der Waals surface area contributed by atoms with E-state index in [1.165, 1.54) is 0 Å². The normalized spacial score (nSPS) is 11.2. The van der Waals surface area contributed by atoms with E-state index in [-0.39, 0.29) is 18.9 Å². The first kappa shape index (κ1) is 22.5. The number of anilines is 1. The number of carbonyl (C=O) groups is 1. The lowest BCUT2D eigenvalue weighted by Crippen LogP contribution is -2.21. The molecule has 3 rings (SSSR count). The zero-order chi connectivity index (χ0) is 22.4. The van der Waals surface area contributed by atoms with Crippen molar-refractivity contribution >= 4 is 21.6 Å². The summed E-state index contributed by atoms with van der Waals surface area (Å²) in [6.45, 7) is 2.26. The highest BCUT2D eigenvalue weighted by Gasteiger charge is 2.09. The van der Waals surface area contributed by atoms with Crippen LogP contribution in [0.5, 0.6) is 5.75 Å². The summed E-state index contributed by atoms with van der Waals surface area (Å²) in [6, 6.07) is 20.9. The van der Waals surface area contributed by atoms with E-state index < -0.39 is 10.0 Å². The monoisotopic (exact) mass is 438 g/mol. The number of nitrogens with one attached hydrogen (secondary N) is 2. The Morgan fingerprint density at radius 2 is 1.71 bits per heavy atom. The van der Waals surface area contributed by atoms with Crippen molar-refractivity contribution in [2.75, 3.05) is 18.7 Å². The van der Waals surface area contributed by atoms with Gasteiger partial charge in [-0.2, -0.15) is 0 Å². The zero-order valence-corrected chi connectivity index (χ0v) is 18.6. The van der Waals surface area contributed by atoms with Gasteiger partial charge in [0.15, 0.2) is 0 Å². The molecule has 162 valence electrons. The quantitative estimate of drug-likeness (QED) is 0.559. The van der Waals surface area contributed by atoms with Gasteiger partial charge in [0.25, 0.3) is 0 Å². The molecule has 0 fully saturated rings. The van der Waals surface area contributed by atoms with Crippen LogP contribution in [0.1, 0.15) is 16.7 Å². The Balaban J connectivity index is 1.71. The second-order valence-electron chi connectivity index (χ2n) is 7.40. The van der Waals surface area contributed by atoms with Gasteiger partial charge >= 0.3 is 0 Å². The molecule has 0 spiro atoms. The van der Waals surface area contributed by atoms with E-state index >= 15 is 0 Å². The SMILES string of the molecule is COc1cccc(CC(=O)Nc2ccc(C)c(-c3ccc(CNS(C)(=O)=O)cc3)c2)c1. The van der Waals surface area contributed by atoms with Crippen LogP contribution < -0.4 is 14.8 Å². The summed E-state index contributed by atoms with van der Waals surface area (Å²) in [6.07, 6.45) is 1.39. The van der Waals surface area contributed by atoms with E-state index in [1.54, 1.807) is 7.11 Å². The summed E-state index contributed by atoms with van der Waals surface area (Å²) in [7, 11) is -1.63. The summed E-state index contributed by atoms with van der Waals surface area (Å²) in [5.41, 5.74) is 5.53. The van der Waals surface area contributed by atoms with Crippen LogP contribution in [0.4, 0.5) is 5.69 Å². The third kappa shape index (κ3) is 6.67. The molecule has 0 aromatic heterocycles. The molecule has 0 aliphatic heterocycles. The van der Waals surface area contributed by atoms with Gasteiger partial charge in [-0.3, -0.25) is 4.79 Å². The van der Waals surface area contributed by atoms with Crippen LogP contribution in [0.25, 0.3) is 11.1 Å². The average Bonchev–Trinajstić information content (AvgIpc) is 2.73. The fourth-order valence-electron chi connectivity index (χ4n) is 3.20. The number of rotatable bonds is 8. The summed E-state index contributed by atoms with van der Waals surface area (Å²) in [5, 5.41) is 2.96. The summed E-state index contributed by atoms with van der Waals surface area (Å²) < 4.78 is 30.2. The summed E-state index contributed by atoms with van der Waals surface area (Å²) in [4.78, 5) is 12.5. The molecule has 0 saturated carbocycles. The molecule has 1 amide bonds. The molecular weight excluding hydrogens is 412 g/mol. The van der Waals surface area contributed by atoms with Crippen molar-refractivity contribution < 1.29 is 17.9 Å². The minimum atomic E-state index is -3.23. The molecule has 7 heteroatoms. The minimum absolute atomic E-state index is 0.106. The van der Waals surface area contributed by atoms with Crippen molar-refractivity contribution in [2.24, 2.45) is 0 Å². The number of sulfonamides is 1. The topological polar surface area (TPSA) is 84.5 Å². The largest absolute Gasteiger partial charge is 0.497 e. The highest BCUT2D eigenvalue weighted by atomic mass is 32.2. The van der Waals surface area contributed by atoms with Gasteiger partial charge in [0.05, 0.1) is 19.8 Å². The molecule has 0 atom stereocenters. The lowest BCUT2D eigenvalue weighted by atomic mass is 9.98. The Morgan fingerprint density at radius 1 is 0.968 bits per heavy atom. The van der Waals surface area contributed by atoms with E-state index in [0.717, 1.165) is 45.5 Å². The Bertz CT molecular complexity index is 1170. The molecule has 0 aliphatic rings. The van der Waals surface area contributed by atoms with Crippen molar-refractivity contribution in [1.29, 1.82) is 0 Å². The molecule has 0 radical (unpaired) electrons. The van der Waals surface area contributed by atoms with Crippen molar-refractivity contribution in [3.63, 3.8) is 0 Å². The van der Waals surface area contributed by atoms with Gasteiger partial charge in [0.1, 0.15) is 5.75 Å². The predicted octanol–water partition coefficient (Wildman–Crippen LogP) is 3.90. The van der Waals surface area contributed by atoms with Crippen molar-refractivity contribution in [2.45, 2.75) is 19.9 Å². The van der Waals surface area contributed by atoms with Crippen LogP contribution in [0.15, 0.2) is 66.7 Å². The van der Waals surface area contributed by atoms with Gasteiger partial charge in [-0.1, -0.05) is 42.5 Å². The number of benzene rings is 3. The van der Waals surface area contributed by atoms with Crippen LogP contribution in [0.3, 0.4) is 0 Å². The fraction of sp³-hybridized carbons (Fsp3) is 0.208. The molecule has 0 unspecified atom stereocenters. The first-order chi connectivity index (χ1) is 14.7. The van der Waals surface area contributed by atoms with Crippen LogP contribution in [0.2, 0.25) is 0 Å². The van der Waals surface area contributed by atoms with E-state index in [0.29, 0.717) is 0 Å². The second kappa shape index (κ2) is 9.76. The number of hydrogen-bond donors (Lipinski definition) is 2. The Labute approximate surface area is 183 Å². The molecule has 6 nitrogen and oxygen atoms in total. The predicted molar refractivity (Wildman–Crippen MR) is 124 cm³/mol. The van der Waals surface area contributed by atoms with Gasteiger partial charge in [0, 0.05) is 12.2 Å². The van der Waals surface area contributed by atoms with Crippen LogP contribution in [-0.2, 0) is 27.8 Å². The van der Waals surface area contributed by atoms with Gasteiger partial charge in [-0.25, -0.2) is 13.1 Å². The number of methoxy groups -OCH3 is 1. The van der Waals surface area contributed by atoms with Crippen LogP contribution in [0, 0.1) is 6.92 Å². The maximum atomic E-state index is 12.5. The number of amides is 1. The maximum Gasteiger partial charge on any atom is 0.228 e. The Morgan fingerprint density at radius 3 is 2.39 bits per heavy atom. The summed E-state index contributed by atoms with van der Waals surface area (Å²) >= 11 is 0. The van der Waals surface area contributed by atoms with Gasteiger partial charge < -0.3 is 10.1 Å². The highest BCUT2D eigenvalue weighted by Crippen LogP contribution is 2.27. The molecule has 3 aromatic rings. The molecular formula is C24H26N2O4S. The van der Waals surface area contributed by atoms with E-state index in [4.69, 9.17) is 4.74 Å². The smallest absolute Gasteiger partial charge is 0.228 e. The third-order valence-electron chi connectivity index (χ3n) is 4.82. The van der Waals surface area contributed by atoms with Gasteiger partial charge in [-0.05, 0) is 59.0 Å². The van der Waals surface area contributed by atoms with E-state index in [9.17, 15) is 13.2 Å². The van der Waals surface area contributed by atoms with Crippen molar-refractivity contribution in [3.8, 4) is 16.9 Å². The fourth-order valence-corrected chi connectivity index (χ4v) is 3.63. The number of aryl methyl sites for hydroxylation is 1. The lowest BCUT2D eigenvalue weighted by molar-refractivity contribution is -0.115. The number of hydrogen-bond acceptors (Lipinski definition) is 4. The zero-order valence-electron chi connectivity index (χ0n) is 17.8. The molecule has 31 heavy (non-hydrogen) atoms. The van der Waals surface area contributed by atoms with Crippen molar-refractivity contribution in [3.05, 3.63) is 83.4 Å². The lowest BCUT2D eigenvalue weighted by Gasteiger charge is -2.12. The van der Waals surface area contributed by atoms with E-state index in [1.807, 2.05) is 73.7 Å². The standard InChI is InChI=1S/C24H26N2O4S/c1-17-7-12-21(26-24(27)14-19-5-4-6-22(13-19)30-2)15-23(17)20-10-8-18(9-11-20)16-25-31(3,28)29/h4-13,15,25H,14,16H2,1-3H3,(H,26,27). The van der Waals surface area contributed by atoms with Crippen LogP contribution in [-0.4, -0.2) is 27.7 Å². The highest BCUT2D eigenvalue weighted by molar-refractivity contribution is 7.88. The third-order valence-corrected chi connectivity index (χ3v) is 5.49. The molecule has 0 saturated heterocycles. The maximum absolute atomic E-state index is 12.5. The number of ether oxygens (including phenoxy) is 1. The molecule has 0 aliphatic carbocycles. The summed E-state index contributed by atoms with van der Waals surface area (Å²) in [5.74, 6) is 0.614. The molecule has 3 aromatic carbocycles. The first-order valence-corrected chi connectivity index (χ1v) is 11.7. The molecule has 0 bridgehead atoms. The molecule has 0 heterocycles. The average molecular weight is 439 g/mol. The Hall–Kier alpha value is -3.16. The van der Waals surface area contributed by atoms with Crippen LogP contribution >= 0.6 is 0 Å². The van der Waals surface area contributed by atoms with Gasteiger partial charge in [-0.15, -0.1) is 0 Å².